The summed E-state index contributed by atoms with van der Waals surface area (Å²) >= 11 is 0. The Bertz CT molecular complexity index is 1140. The van der Waals surface area contributed by atoms with E-state index in [-0.39, 0.29) is 0 Å². The topological polar surface area (TPSA) is 61.8 Å². The van der Waals surface area contributed by atoms with Gasteiger partial charge in [-0.25, -0.2) is 4.79 Å². The van der Waals surface area contributed by atoms with E-state index in [1.54, 1.807) is 0 Å². The van der Waals surface area contributed by atoms with Crippen molar-refractivity contribution in [2.24, 2.45) is 5.92 Å². The number of fused-ring (bicyclic) bond motifs is 3. The number of aliphatic carboxylic acids is 1. The van der Waals surface area contributed by atoms with Gasteiger partial charge in [-0.1, -0.05) is 42.0 Å². The van der Waals surface area contributed by atoms with E-state index in [0.717, 1.165) is 29.6 Å². The van der Waals surface area contributed by atoms with E-state index < -0.39 is 12.1 Å². The van der Waals surface area contributed by atoms with Crippen LogP contribution >= 0.6 is 0 Å². The molecule has 1 unspecified atom stereocenters. The fourth-order valence-corrected chi connectivity index (χ4v) is 4.49. The fourth-order valence-electron chi connectivity index (χ4n) is 4.49. The number of halogens is 3. The van der Waals surface area contributed by atoms with Crippen LogP contribution in [0.2, 0.25) is 0 Å². The predicted octanol–water partition coefficient (Wildman–Crippen LogP) is 6.51. The van der Waals surface area contributed by atoms with Gasteiger partial charge in [-0.3, -0.25) is 4.90 Å². The summed E-state index contributed by atoms with van der Waals surface area (Å²) in [7, 11) is 0. The van der Waals surface area contributed by atoms with Crippen LogP contribution in [0.4, 0.5) is 24.5 Å². The summed E-state index contributed by atoms with van der Waals surface area (Å²) < 4.78 is 38.1. The molecule has 3 aromatic carbocycles. The minimum atomic E-state index is -5.08. The lowest BCUT2D eigenvalue weighted by molar-refractivity contribution is -0.192. The van der Waals surface area contributed by atoms with Crippen molar-refractivity contribution in [2.45, 2.75) is 32.0 Å². The van der Waals surface area contributed by atoms with Crippen LogP contribution in [0.1, 0.15) is 18.4 Å². The van der Waals surface area contributed by atoms with Crippen LogP contribution in [-0.4, -0.2) is 47.9 Å². The minimum absolute atomic E-state index is 0.357. The summed E-state index contributed by atoms with van der Waals surface area (Å²) in [6.07, 6.45) is -2.16. The maximum atomic E-state index is 10.6. The highest BCUT2D eigenvalue weighted by Crippen LogP contribution is 2.32. The lowest BCUT2D eigenvalue weighted by Crippen LogP contribution is -2.52. The monoisotopic (exact) mass is 498 g/mol. The van der Waals surface area contributed by atoms with Crippen LogP contribution < -0.4 is 10.1 Å². The summed E-state index contributed by atoms with van der Waals surface area (Å²) in [6.45, 7) is 5.68. The van der Waals surface area contributed by atoms with Crippen molar-refractivity contribution in [1.82, 2.24) is 4.90 Å². The molecule has 6 rings (SSSR count). The van der Waals surface area contributed by atoms with Gasteiger partial charge in [0.15, 0.2) is 0 Å². The molecule has 0 amide bonds. The maximum absolute atomic E-state index is 10.6. The summed E-state index contributed by atoms with van der Waals surface area (Å²) in [5.41, 5.74) is 5.91. The van der Waals surface area contributed by atoms with Crippen molar-refractivity contribution < 1.29 is 27.8 Å². The highest BCUT2D eigenvalue weighted by atomic mass is 19.4. The molecule has 0 spiro atoms. The second-order valence-electron chi connectivity index (χ2n) is 9.19. The zero-order chi connectivity index (χ0) is 25.7. The number of carbonyl (C=O) groups is 1. The fraction of sp³-hybridized carbons (Fsp3) is 0.321. The number of carboxylic acid groups (broad SMARTS) is 1. The van der Waals surface area contributed by atoms with E-state index in [2.05, 4.69) is 89.9 Å². The van der Waals surface area contributed by atoms with Gasteiger partial charge in [-0.2, -0.15) is 13.2 Å². The number of alkyl halides is 3. The van der Waals surface area contributed by atoms with Crippen LogP contribution in [0.25, 0.3) is 11.1 Å². The Balaban J connectivity index is 0.000000384. The van der Waals surface area contributed by atoms with Gasteiger partial charge in [0.2, 0.25) is 0 Å². The number of carboxylic acids is 1. The highest BCUT2D eigenvalue weighted by molar-refractivity contribution is 5.73. The molecule has 0 saturated carbocycles. The van der Waals surface area contributed by atoms with E-state index in [1.807, 2.05) is 0 Å². The Morgan fingerprint density at radius 1 is 0.889 bits per heavy atom. The molecule has 3 aliphatic rings. The van der Waals surface area contributed by atoms with Gasteiger partial charge >= 0.3 is 12.1 Å². The average molecular weight is 499 g/mol. The summed E-state index contributed by atoms with van der Waals surface area (Å²) in [5, 5.41) is 10.6. The number of hydrogen-bond acceptors (Lipinski definition) is 4. The number of anilines is 2. The van der Waals surface area contributed by atoms with Gasteiger partial charge in [-0.05, 0) is 86.3 Å². The zero-order valence-electron chi connectivity index (χ0n) is 20.0. The van der Waals surface area contributed by atoms with Gasteiger partial charge in [0, 0.05) is 17.9 Å². The van der Waals surface area contributed by atoms with E-state index in [1.165, 1.54) is 42.6 Å². The molecule has 190 valence electrons. The second-order valence-corrected chi connectivity index (χ2v) is 9.19. The minimum Gasteiger partial charge on any atom is -0.489 e. The van der Waals surface area contributed by atoms with E-state index in [0.29, 0.717) is 6.10 Å². The smallest absolute Gasteiger partial charge is 0.489 e. The molecule has 1 atom stereocenters. The third-order valence-electron chi connectivity index (χ3n) is 6.54. The Morgan fingerprint density at radius 2 is 1.36 bits per heavy atom. The molecule has 8 heteroatoms. The molecule has 3 aliphatic heterocycles. The van der Waals surface area contributed by atoms with E-state index in [4.69, 9.17) is 14.6 Å². The van der Waals surface area contributed by atoms with Gasteiger partial charge in [0.1, 0.15) is 11.9 Å². The van der Waals surface area contributed by atoms with Crippen molar-refractivity contribution in [3.05, 3.63) is 78.4 Å². The molecule has 2 N–H and O–H groups in total. The molecular weight excluding hydrogens is 469 g/mol. The van der Waals surface area contributed by atoms with E-state index >= 15 is 0 Å². The zero-order valence-corrected chi connectivity index (χ0v) is 20.0. The molecule has 0 radical (unpaired) electrons. The first kappa shape index (κ1) is 25.6. The molecular formula is C28H29F3N2O3. The van der Waals surface area contributed by atoms with Crippen LogP contribution in [0.3, 0.4) is 0 Å². The van der Waals surface area contributed by atoms with Crippen molar-refractivity contribution in [3.63, 3.8) is 0 Å². The molecule has 3 heterocycles. The first-order chi connectivity index (χ1) is 17.2. The largest absolute Gasteiger partial charge is 0.490 e. The molecule has 3 aromatic rings. The van der Waals surface area contributed by atoms with Crippen LogP contribution in [0.5, 0.6) is 5.75 Å². The number of hydrogen-bond donors (Lipinski definition) is 2. The van der Waals surface area contributed by atoms with Gasteiger partial charge in [0.25, 0.3) is 0 Å². The number of aryl methyl sites for hydroxylation is 1. The number of piperidine rings is 3. The number of rotatable bonds is 5. The molecule has 36 heavy (non-hydrogen) atoms. The Hall–Kier alpha value is -3.52. The average Bonchev–Trinajstić information content (AvgIpc) is 2.87. The normalized spacial score (nSPS) is 20.7. The predicted molar refractivity (Wildman–Crippen MR) is 134 cm³/mol. The number of ether oxygens (including phenoxy) is 1. The number of benzene rings is 3. The van der Waals surface area contributed by atoms with Crippen molar-refractivity contribution >= 4 is 17.3 Å². The molecule has 0 aliphatic carbocycles. The highest BCUT2D eigenvalue weighted by Gasteiger charge is 2.38. The number of nitrogens with one attached hydrogen (secondary N) is 1. The lowest BCUT2D eigenvalue weighted by atomic mass is 9.86. The third-order valence-corrected chi connectivity index (χ3v) is 6.54. The Labute approximate surface area is 208 Å². The molecule has 2 bridgehead atoms. The first-order valence-electron chi connectivity index (χ1n) is 11.9. The van der Waals surface area contributed by atoms with Crippen LogP contribution in [-0.2, 0) is 4.79 Å². The summed E-state index contributed by atoms with van der Waals surface area (Å²) in [4.78, 5) is 11.4. The van der Waals surface area contributed by atoms with Gasteiger partial charge < -0.3 is 15.2 Å². The lowest BCUT2D eigenvalue weighted by Gasteiger charge is -2.44. The molecule has 3 saturated heterocycles. The third kappa shape index (κ3) is 6.79. The van der Waals surface area contributed by atoms with Crippen molar-refractivity contribution in [1.29, 1.82) is 0 Å². The van der Waals surface area contributed by atoms with Crippen molar-refractivity contribution in [2.75, 3.05) is 25.0 Å². The molecule has 5 nitrogen and oxygen atoms in total. The first-order valence-corrected chi connectivity index (χ1v) is 11.9. The van der Waals surface area contributed by atoms with Crippen molar-refractivity contribution in [3.8, 4) is 16.9 Å². The maximum Gasteiger partial charge on any atom is 0.490 e. The Kier molecular flexibility index (Phi) is 7.84. The molecule has 0 aromatic heterocycles. The Morgan fingerprint density at radius 3 is 1.81 bits per heavy atom. The quantitative estimate of drug-likeness (QED) is 0.420. The summed E-state index contributed by atoms with van der Waals surface area (Å²) in [6, 6.07) is 25.6. The standard InChI is InChI=1S/C26H28N2O.C2HF3O2/c1-19-2-8-23(9-3-19)27-24-10-4-20(5-11-24)21-6-12-25(13-7-21)29-26-18-28-16-14-22(26)15-17-28;3-2(4,5)1(6)7/h2-13,22,26-27H,14-18H2,1H3;(H,6,7). The van der Waals surface area contributed by atoms with Crippen LogP contribution in [0, 0.1) is 12.8 Å². The summed E-state index contributed by atoms with van der Waals surface area (Å²) in [5.74, 6) is -1.04. The van der Waals surface area contributed by atoms with Gasteiger partial charge in [0.05, 0.1) is 0 Å². The SMILES string of the molecule is Cc1ccc(Nc2ccc(-c3ccc(OC4CN5CCC4CC5)cc3)cc2)cc1.O=C(O)C(F)(F)F. The van der Waals surface area contributed by atoms with Crippen LogP contribution in [0.15, 0.2) is 72.8 Å². The van der Waals surface area contributed by atoms with E-state index in [9.17, 15) is 13.2 Å². The van der Waals surface area contributed by atoms with Gasteiger partial charge in [-0.15, -0.1) is 0 Å². The number of nitrogens with zero attached hydrogens (tertiary/aromatic N) is 1. The molecule has 3 fully saturated rings. The second kappa shape index (κ2) is 11.0.